The summed E-state index contributed by atoms with van der Waals surface area (Å²) in [5.74, 6) is 0.521. The summed E-state index contributed by atoms with van der Waals surface area (Å²) in [5.41, 5.74) is 0. The van der Waals surface area contributed by atoms with Gasteiger partial charge in [-0.05, 0) is 24.2 Å². The molecule has 0 N–H and O–H groups in total. The van der Waals surface area contributed by atoms with Crippen molar-refractivity contribution in [2.45, 2.75) is 58.9 Å². The maximum Gasteiger partial charge on any atom is 0.192 e. The molecule has 1 aliphatic rings. The number of hydrogen-bond acceptors (Lipinski definition) is 2. The van der Waals surface area contributed by atoms with Gasteiger partial charge in [-0.3, -0.25) is 4.79 Å². The smallest absolute Gasteiger partial charge is 0.192 e. The molecule has 0 spiro atoms. The predicted octanol–water partition coefficient (Wildman–Crippen LogP) is 3.79. The summed E-state index contributed by atoms with van der Waals surface area (Å²) in [6.45, 7) is 15.3. The van der Waals surface area contributed by atoms with Crippen LogP contribution < -0.4 is 0 Å². The Kier molecular flexibility index (Phi) is 4.04. The Bertz CT molecular complexity index is 326. The molecule has 0 aromatic heterocycles. The molecule has 0 aliphatic heterocycles. The van der Waals surface area contributed by atoms with Gasteiger partial charge in [-0.15, -0.1) is 0 Å². The lowest BCUT2D eigenvalue weighted by Crippen LogP contribution is -2.49. The normalized spacial score (nSPS) is 30.8. The van der Waals surface area contributed by atoms with Gasteiger partial charge in [-0.2, -0.15) is 0 Å². The van der Waals surface area contributed by atoms with Crippen LogP contribution >= 0.6 is 0 Å². The Morgan fingerprint density at radius 1 is 1.24 bits per heavy atom. The van der Waals surface area contributed by atoms with Gasteiger partial charge in [0.1, 0.15) is 0 Å². The first-order chi connectivity index (χ1) is 7.56. The van der Waals surface area contributed by atoms with Crippen molar-refractivity contribution >= 4 is 14.1 Å². The average molecular weight is 254 g/mol. The van der Waals surface area contributed by atoms with Gasteiger partial charge in [0.05, 0.1) is 6.10 Å². The zero-order chi connectivity index (χ0) is 13.4. The maximum absolute atomic E-state index is 11.7. The molecule has 0 saturated carbocycles. The lowest BCUT2D eigenvalue weighted by atomic mass is 9.85. The number of rotatable bonds is 2. The largest absolute Gasteiger partial charge is 0.413 e. The molecule has 0 aromatic rings. The summed E-state index contributed by atoms with van der Waals surface area (Å²) < 4.78 is 6.40. The van der Waals surface area contributed by atoms with E-state index in [1.807, 2.05) is 13.0 Å². The minimum atomic E-state index is -1.79. The Hall–Kier alpha value is -0.413. The van der Waals surface area contributed by atoms with E-state index in [9.17, 15) is 4.79 Å². The van der Waals surface area contributed by atoms with E-state index in [1.54, 1.807) is 6.08 Å². The molecule has 2 nitrogen and oxygen atoms in total. The number of allylic oxidation sites excluding steroid dienone is 1. The number of carbonyl (C=O) groups is 1. The van der Waals surface area contributed by atoms with E-state index in [-0.39, 0.29) is 22.8 Å². The van der Waals surface area contributed by atoms with Crippen LogP contribution in [0.3, 0.4) is 0 Å². The fourth-order valence-electron chi connectivity index (χ4n) is 1.85. The lowest BCUT2D eigenvalue weighted by molar-refractivity contribution is -0.122. The van der Waals surface area contributed by atoms with Crippen LogP contribution in [0.1, 0.15) is 34.6 Å². The second-order valence-corrected chi connectivity index (χ2v) is 11.5. The molecule has 3 atom stereocenters. The van der Waals surface area contributed by atoms with Gasteiger partial charge in [0.2, 0.25) is 0 Å². The van der Waals surface area contributed by atoms with Crippen molar-refractivity contribution in [2.24, 2.45) is 11.8 Å². The Morgan fingerprint density at radius 3 is 2.24 bits per heavy atom. The molecule has 17 heavy (non-hydrogen) atoms. The van der Waals surface area contributed by atoms with Gasteiger partial charge >= 0.3 is 0 Å². The van der Waals surface area contributed by atoms with Gasteiger partial charge in [0.15, 0.2) is 14.1 Å². The minimum absolute atomic E-state index is 0.0101. The first-order valence-corrected chi connectivity index (χ1v) is 9.37. The lowest BCUT2D eigenvalue weighted by Gasteiger charge is -2.42. The van der Waals surface area contributed by atoms with Gasteiger partial charge in [0.25, 0.3) is 0 Å². The van der Waals surface area contributed by atoms with E-state index in [1.165, 1.54) is 0 Å². The Morgan fingerprint density at radius 2 is 1.76 bits per heavy atom. The molecule has 1 aliphatic carbocycles. The summed E-state index contributed by atoms with van der Waals surface area (Å²) in [6, 6.07) is 0. The summed E-state index contributed by atoms with van der Waals surface area (Å²) in [7, 11) is -1.79. The van der Waals surface area contributed by atoms with Crippen LogP contribution in [0.2, 0.25) is 18.1 Å². The average Bonchev–Trinajstić information content (AvgIpc) is 2.17. The van der Waals surface area contributed by atoms with Crippen molar-refractivity contribution in [3.8, 4) is 0 Å². The van der Waals surface area contributed by atoms with Crippen LogP contribution in [0, 0.1) is 11.8 Å². The highest BCUT2D eigenvalue weighted by atomic mass is 28.4. The van der Waals surface area contributed by atoms with Crippen LogP contribution in [0.5, 0.6) is 0 Å². The third kappa shape index (κ3) is 3.08. The molecule has 0 amide bonds. The van der Waals surface area contributed by atoms with Crippen molar-refractivity contribution in [2.75, 3.05) is 0 Å². The van der Waals surface area contributed by atoms with Crippen molar-refractivity contribution in [1.82, 2.24) is 0 Å². The van der Waals surface area contributed by atoms with Gasteiger partial charge < -0.3 is 4.43 Å². The highest BCUT2D eigenvalue weighted by molar-refractivity contribution is 6.74. The zero-order valence-electron chi connectivity index (χ0n) is 12.2. The quantitative estimate of drug-likeness (QED) is 0.701. The molecular formula is C14H26O2Si. The predicted molar refractivity (Wildman–Crippen MR) is 74.5 cm³/mol. The van der Waals surface area contributed by atoms with Crippen molar-refractivity contribution in [1.29, 1.82) is 0 Å². The third-order valence-corrected chi connectivity index (χ3v) is 8.73. The third-order valence-electron chi connectivity index (χ3n) is 4.26. The van der Waals surface area contributed by atoms with E-state index >= 15 is 0 Å². The van der Waals surface area contributed by atoms with Crippen LogP contribution in [0.4, 0.5) is 0 Å². The van der Waals surface area contributed by atoms with Crippen molar-refractivity contribution in [3.05, 3.63) is 12.2 Å². The standard InChI is InChI=1S/C14H26O2Si/c1-10-8-9-12(15)11(2)13(10)16-17(6,7)14(3,4)5/h8-11,13H,1-7H3/t10-,11-,13+/m0/s1. The first-order valence-electron chi connectivity index (χ1n) is 6.46. The fraction of sp³-hybridized carbons (Fsp3) is 0.786. The SMILES string of the molecule is C[C@H]1C=CC(=O)[C@H](C)[C@@H]1O[Si](C)(C)C(C)(C)C. The first kappa shape index (κ1) is 14.6. The molecule has 98 valence electrons. The summed E-state index contributed by atoms with van der Waals surface area (Å²) in [4.78, 5) is 11.7. The summed E-state index contributed by atoms with van der Waals surface area (Å²) in [5, 5.41) is 0.191. The molecule has 1 rings (SSSR count). The van der Waals surface area contributed by atoms with E-state index in [4.69, 9.17) is 4.43 Å². The topological polar surface area (TPSA) is 26.3 Å². The maximum atomic E-state index is 11.7. The molecule has 3 heteroatoms. The van der Waals surface area contributed by atoms with E-state index in [2.05, 4.69) is 40.8 Å². The number of carbonyl (C=O) groups excluding carboxylic acids is 1. The van der Waals surface area contributed by atoms with E-state index in [0.717, 1.165) is 0 Å². The van der Waals surface area contributed by atoms with E-state index < -0.39 is 8.32 Å². The Balaban J connectivity index is 2.88. The second kappa shape index (κ2) is 4.69. The van der Waals surface area contributed by atoms with Crippen LogP contribution in [-0.2, 0) is 9.22 Å². The van der Waals surface area contributed by atoms with Crippen molar-refractivity contribution in [3.63, 3.8) is 0 Å². The minimum Gasteiger partial charge on any atom is -0.413 e. The fourth-order valence-corrected chi connectivity index (χ4v) is 3.30. The molecular weight excluding hydrogens is 228 g/mol. The summed E-state index contributed by atoms with van der Waals surface area (Å²) in [6.07, 6.45) is 3.74. The number of hydrogen-bond donors (Lipinski definition) is 0. The van der Waals surface area contributed by atoms with Crippen LogP contribution in [0.25, 0.3) is 0 Å². The zero-order valence-corrected chi connectivity index (χ0v) is 13.2. The highest BCUT2D eigenvalue weighted by Crippen LogP contribution is 2.39. The molecule has 0 radical (unpaired) electrons. The molecule has 0 bridgehead atoms. The monoisotopic (exact) mass is 254 g/mol. The molecule has 0 saturated heterocycles. The van der Waals surface area contributed by atoms with Crippen LogP contribution in [0.15, 0.2) is 12.2 Å². The molecule has 0 heterocycles. The van der Waals surface area contributed by atoms with Gasteiger partial charge in [0, 0.05) is 11.8 Å². The Labute approximate surface area is 107 Å². The van der Waals surface area contributed by atoms with E-state index in [0.29, 0.717) is 5.92 Å². The van der Waals surface area contributed by atoms with Crippen LogP contribution in [-0.4, -0.2) is 20.2 Å². The van der Waals surface area contributed by atoms with Gasteiger partial charge in [-0.1, -0.05) is 40.7 Å². The molecule has 0 fully saturated rings. The second-order valence-electron chi connectivity index (χ2n) is 6.75. The highest BCUT2D eigenvalue weighted by Gasteiger charge is 2.42. The summed E-state index contributed by atoms with van der Waals surface area (Å²) >= 11 is 0. The number of ketones is 1. The van der Waals surface area contributed by atoms with Crippen molar-refractivity contribution < 1.29 is 9.22 Å². The molecule has 0 unspecified atom stereocenters. The van der Waals surface area contributed by atoms with Gasteiger partial charge in [-0.25, -0.2) is 0 Å². The molecule has 0 aromatic carbocycles.